The normalized spacial score (nSPS) is 11.9. The Kier molecular flexibility index (Phi) is 5.37. The second kappa shape index (κ2) is 7.87. The highest BCUT2D eigenvalue weighted by molar-refractivity contribution is 5.95. The van der Waals surface area contributed by atoms with Gasteiger partial charge in [-0.2, -0.15) is 0 Å². The fourth-order valence-corrected chi connectivity index (χ4v) is 2.70. The van der Waals surface area contributed by atoms with E-state index in [0.29, 0.717) is 5.69 Å². The van der Waals surface area contributed by atoms with Gasteiger partial charge in [-0.15, -0.1) is 0 Å². The highest BCUT2D eigenvalue weighted by Crippen LogP contribution is 2.23. The van der Waals surface area contributed by atoms with Crippen LogP contribution in [0.15, 0.2) is 59.2 Å². The molecular weight excluding hydrogens is 330 g/mol. The van der Waals surface area contributed by atoms with Gasteiger partial charge in [0.05, 0.1) is 12.7 Å². The van der Waals surface area contributed by atoms with Crippen molar-refractivity contribution in [3.63, 3.8) is 0 Å². The average Bonchev–Trinajstić information content (AvgIpc) is 3.04. The summed E-state index contributed by atoms with van der Waals surface area (Å²) in [6.45, 7) is 3.63. The highest BCUT2D eigenvalue weighted by Gasteiger charge is 2.19. The Bertz CT molecular complexity index is 914. The molecule has 0 aliphatic heterocycles. The fraction of sp³-hybridized carbons (Fsp3) is 0.238. The van der Waals surface area contributed by atoms with Crippen LogP contribution in [0.3, 0.4) is 0 Å². The molecule has 1 heterocycles. The summed E-state index contributed by atoms with van der Waals surface area (Å²) in [5, 5.41) is 3.60. The van der Waals surface area contributed by atoms with E-state index in [-0.39, 0.29) is 12.3 Å². The molecule has 0 aliphatic carbocycles. The number of rotatable bonds is 6. The van der Waals surface area contributed by atoms with Gasteiger partial charge < -0.3 is 14.5 Å². The number of esters is 1. The smallest absolute Gasteiger partial charge is 0.311 e. The number of aryl methyl sites for hydroxylation is 1. The zero-order chi connectivity index (χ0) is 18.5. The van der Waals surface area contributed by atoms with Gasteiger partial charge in [-0.25, -0.2) is 0 Å². The van der Waals surface area contributed by atoms with Gasteiger partial charge in [-0.1, -0.05) is 37.3 Å². The molecule has 0 unspecified atom stereocenters. The zero-order valence-electron chi connectivity index (χ0n) is 14.8. The summed E-state index contributed by atoms with van der Waals surface area (Å²) in [4.78, 5) is 24.3. The lowest BCUT2D eigenvalue weighted by Crippen LogP contribution is -2.30. The molecule has 1 N–H and O–H groups in total. The number of fused-ring (bicyclic) bond motifs is 1. The second-order valence-corrected chi connectivity index (χ2v) is 6.11. The van der Waals surface area contributed by atoms with Gasteiger partial charge in [0, 0.05) is 16.6 Å². The Morgan fingerprint density at radius 3 is 2.65 bits per heavy atom. The summed E-state index contributed by atoms with van der Waals surface area (Å²) in [6, 6.07) is 15.0. The molecule has 5 nitrogen and oxygen atoms in total. The molecule has 134 valence electrons. The summed E-state index contributed by atoms with van der Waals surface area (Å²) in [6.07, 6.45) is 1.66. The van der Waals surface area contributed by atoms with Crippen molar-refractivity contribution in [2.45, 2.75) is 32.8 Å². The third-order valence-electron chi connectivity index (χ3n) is 4.18. The van der Waals surface area contributed by atoms with Gasteiger partial charge >= 0.3 is 5.97 Å². The van der Waals surface area contributed by atoms with Crippen LogP contribution in [0.5, 0.6) is 0 Å². The van der Waals surface area contributed by atoms with Crippen molar-refractivity contribution < 1.29 is 18.7 Å². The Balaban J connectivity index is 1.60. The van der Waals surface area contributed by atoms with Gasteiger partial charge in [0.2, 0.25) is 0 Å². The van der Waals surface area contributed by atoms with Gasteiger partial charge in [-0.05, 0) is 37.1 Å². The molecule has 1 atom stereocenters. The molecule has 0 saturated carbocycles. The first-order valence-electron chi connectivity index (χ1n) is 8.61. The highest BCUT2D eigenvalue weighted by atomic mass is 16.5. The largest absolute Gasteiger partial charge is 0.464 e. The van der Waals surface area contributed by atoms with Crippen LogP contribution in [0.25, 0.3) is 11.0 Å². The molecule has 1 aromatic heterocycles. The van der Waals surface area contributed by atoms with Crippen LogP contribution in [0.1, 0.15) is 25.0 Å². The lowest BCUT2D eigenvalue weighted by Gasteiger charge is -2.13. The molecule has 0 fully saturated rings. The number of hydrogen-bond donors (Lipinski definition) is 1. The molecule has 3 aromatic rings. The van der Waals surface area contributed by atoms with Crippen molar-refractivity contribution in [2.75, 3.05) is 5.32 Å². The van der Waals surface area contributed by atoms with E-state index >= 15 is 0 Å². The number of carbonyl (C=O) groups excluding carboxylic acids is 2. The Labute approximate surface area is 152 Å². The van der Waals surface area contributed by atoms with E-state index in [2.05, 4.69) is 12.2 Å². The predicted octanol–water partition coefficient (Wildman–Crippen LogP) is 4.11. The number of amides is 1. The summed E-state index contributed by atoms with van der Waals surface area (Å²) < 4.78 is 10.8. The minimum absolute atomic E-state index is 0.0570. The van der Waals surface area contributed by atoms with E-state index in [1.54, 1.807) is 25.3 Å². The van der Waals surface area contributed by atoms with Gasteiger partial charge in [0.15, 0.2) is 6.10 Å². The minimum Gasteiger partial charge on any atom is -0.464 e. The summed E-state index contributed by atoms with van der Waals surface area (Å²) in [5.74, 6) is -0.836. The van der Waals surface area contributed by atoms with Crippen molar-refractivity contribution in [3.05, 3.63) is 65.9 Å². The first-order chi connectivity index (χ1) is 12.6. The number of para-hydroxylation sites is 1. The zero-order valence-corrected chi connectivity index (χ0v) is 14.8. The summed E-state index contributed by atoms with van der Waals surface area (Å²) in [5.41, 5.74) is 3.34. The monoisotopic (exact) mass is 351 g/mol. The van der Waals surface area contributed by atoms with Crippen molar-refractivity contribution in [1.29, 1.82) is 0 Å². The molecule has 0 bridgehead atoms. The van der Waals surface area contributed by atoms with E-state index in [4.69, 9.17) is 9.15 Å². The van der Waals surface area contributed by atoms with Crippen LogP contribution >= 0.6 is 0 Å². The summed E-state index contributed by atoms with van der Waals surface area (Å²) in [7, 11) is 0. The number of nitrogens with one attached hydrogen (secondary N) is 1. The maximum atomic E-state index is 12.2. The lowest BCUT2D eigenvalue weighted by atomic mass is 10.1. The number of hydrogen-bond acceptors (Lipinski definition) is 4. The molecule has 2 aromatic carbocycles. The van der Waals surface area contributed by atoms with Crippen molar-refractivity contribution in [3.8, 4) is 0 Å². The number of ether oxygens (including phenoxy) is 1. The Morgan fingerprint density at radius 2 is 1.92 bits per heavy atom. The molecule has 5 heteroatoms. The molecule has 0 saturated heterocycles. The van der Waals surface area contributed by atoms with Crippen LogP contribution in [0.2, 0.25) is 0 Å². The van der Waals surface area contributed by atoms with E-state index < -0.39 is 12.1 Å². The molecular formula is C21H21NO4. The Hall–Kier alpha value is -3.08. The quantitative estimate of drug-likeness (QED) is 0.679. The van der Waals surface area contributed by atoms with Crippen LogP contribution in [0.4, 0.5) is 5.69 Å². The molecule has 26 heavy (non-hydrogen) atoms. The lowest BCUT2D eigenvalue weighted by molar-refractivity contribution is -0.152. The van der Waals surface area contributed by atoms with Crippen molar-refractivity contribution >= 4 is 28.5 Å². The van der Waals surface area contributed by atoms with Crippen LogP contribution in [-0.2, 0) is 27.2 Å². The van der Waals surface area contributed by atoms with Gasteiger partial charge in [0.25, 0.3) is 5.91 Å². The number of benzene rings is 2. The SMILES string of the molecule is CCc1ccc2c(CC(=O)O[C@H](C)C(=O)Nc3ccccc3)coc2c1. The third-order valence-corrected chi connectivity index (χ3v) is 4.18. The minimum atomic E-state index is -0.882. The van der Waals surface area contributed by atoms with E-state index in [0.717, 1.165) is 23.0 Å². The number of carbonyl (C=O) groups is 2. The maximum absolute atomic E-state index is 12.2. The van der Waals surface area contributed by atoms with Crippen LogP contribution in [-0.4, -0.2) is 18.0 Å². The van der Waals surface area contributed by atoms with Gasteiger partial charge in [-0.3, -0.25) is 9.59 Å². The second-order valence-electron chi connectivity index (χ2n) is 6.11. The predicted molar refractivity (Wildman–Crippen MR) is 99.9 cm³/mol. The number of anilines is 1. The van der Waals surface area contributed by atoms with Gasteiger partial charge in [0.1, 0.15) is 5.58 Å². The fourth-order valence-electron chi connectivity index (χ4n) is 2.70. The van der Waals surface area contributed by atoms with Crippen LogP contribution < -0.4 is 5.32 Å². The average molecular weight is 351 g/mol. The third kappa shape index (κ3) is 4.11. The molecule has 0 radical (unpaired) electrons. The standard InChI is InChI=1S/C21H21NO4/c1-3-15-9-10-18-16(13-25-19(18)11-15)12-20(23)26-14(2)21(24)22-17-7-5-4-6-8-17/h4-11,13-14H,3,12H2,1-2H3,(H,22,24)/t14-/m1/s1. The molecule has 3 rings (SSSR count). The van der Waals surface area contributed by atoms with Crippen molar-refractivity contribution in [2.24, 2.45) is 0 Å². The first-order valence-corrected chi connectivity index (χ1v) is 8.61. The first kappa shape index (κ1) is 17.7. The maximum Gasteiger partial charge on any atom is 0.311 e. The topological polar surface area (TPSA) is 68.5 Å². The summed E-state index contributed by atoms with van der Waals surface area (Å²) >= 11 is 0. The van der Waals surface area contributed by atoms with Crippen LogP contribution in [0, 0.1) is 0 Å². The van der Waals surface area contributed by atoms with E-state index in [1.807, 2.05) is 36.4 Å². The Morgan fingerprint density at radius 1 is 1.15 bits per heavy atom. The number of furan rings is 1. The molecule has 0 spiro atoms. The molecule has 1 amide bonds. The van der Waals surface area contributed by atoms with E-state index in [9.17, 15) is 9.59 Å². The van der Waals surface area contributed by atoms with Crippen molar-refractivity contribution in [1.82, 2.24) is 0 Å². The van der Waals surface area contributed by atoms with E-state index in [1.165, 1.54) is 5.56 Å². The molecule has 0 aliphatic rings.